The van der Waals surface area contributed by atoms with Crippen molar-refractivity contribution in [1.82, 2.24) is 9.80 Å². The van der Waals surface area contributed by atoms with Gasteiger partial charge in [0, 0.05) is 31.9 Å². The molecule has 3 rings (SSSR count). The van der Waals surface area contributed by atoms with E-state index in [0.717, 1.165) is 0 Å². The van der Waals surface area contributed by atoms with Gasteiger partial charge >= 0.3 is 12.1 Å². The molecule has 2 fully saturated rings. The molecule has 2 aliphatic rings. The minimum Gasteiger partial charge on any atom is -0.444 e. The number of anilines is 1. The normalized spacial score (nSPS) is 20.3. The second kappa shape index (κ2) is 6.28. The zero-order valence-corrected chi connectivity index (χ0v) is 14.7. The molecule has 7 heteroatoms. The van der Waals surface area contributed by atoms with Crippen LogP contribution in [0.5, 0.6) is 0 Å². The van der Waals surface area contributed by atoms with Crippen LogP contribution in [0.1, 0.15) is 26.3 Å². The predicted molar refractivity (Wildman–Crippen MR) is 92.2 cm³/mol. The molecule has 1 atom stereocenters. The molecule has 0 saturated carbocycles. The molecule has 2 saturated heterocycles. The summed E-state index contributed by atoms with van der Waals surface area (Å²) in [6.07, 6.45) is -0.343. The summed E-state index contributed by atoms with van der Waals surface area (Å²) in [6, 6.07) is 8.95. The molecule has 1 aromatic carbocycles. The number of hydrogen-bond acceptors (Lipinski definition) is 4. The lowest BCUT2D eigenvalue weighted by Gasteiger charge is -2.36. The number of piperazine rings is 1. The van der Waals surface area contributed by atoms with Crippen molar-refractivity contribution in [3.63, 3.8) is 0 Å². The van der Waals surface area contributed by atoms with E-state index in [-0.39, 0.29) is 18.2 Å². The Morgan fingerprint density at radius 1 is 1.28 bits per heavy atom. The summed E-state index contributed by atoms with van der Waals surface area (Å²) in [4.78, 5) is 30.1. The van der Waals surface area contributed by atoms with E-state index < -0.39 is 5.60 Å². The Labute approximate surface area is 147 Å². The maximum absolute atomic E-state index is 12.7. The Balaban J connectivity index is 1.72. The number of carbonyl (C=O) groups is 2. The van der Waals surface area contributed by atoms with Gasteiger partial charge in [-0.2, -0.15) is 5.26 Å². The first-order chi connectivity index (χ1) is 11.8. The third kappa shape index (κ3) is 3.53. The maximum atomic E-state index is 12.7. The number of hydrogen-bond donors (Lipinski definition) is 0. The average molecular weight is 342 g/mol. The summed E-state index contributed by atoms with van der Waals surface area (Å²) >= 11 is 0. The van der Waals surface area contributed by atoms with Crippen LogP contribution in [-0.4, -0.2) is 59.7 Å². The monoisotopic (exact) mass is 342 g/mol. The highest BCUT2D eigenvalue weighted by atomic mass is 16.6. The molecule has 0 spiro atoms. The van der Waals surface area contributed by atoms with E-state index in [2.05, 4.69) is 6.07 Å². The van der Waals surface area contributed by atoms with Gasteiger partial charge in [-0.1, -0.05) is 6.07 Å². The first kappa shape index (κ1) is 17.1. The molecule has 3 amide bonds. The Morgan fingerprint density at radius 3 is 2.72 bits per heavy atom. The lowest BCUT2D eigenvalue weighted by Crippen LogP contribution is -2.54. The highest BCUT2D eigenvalue weighted by Crippen LogP contribution is 2.27. The van der Waals surface area contributed by atoms with Crippen LogP contribution in [0.25, 0.3) is 0 Å². The van der Waals surface area contributed by atoms with Crippen molar-refractivity contribution in [1.29, 1.82) is 5.26 Å². The van der Waals surface area contributed by atoms with Gasteiger partial charge in [-0.3, -0.25) is 4.90 Å². The molecule has 1 unspecified atom stereocenters. The highest BCUT2D eigenvalue weighted by Gasteiger charge is 2.42. The third-order valence-electron chi connectivity index (χ3n) is 4.29. The molecule has 7 nitrogen and oxygen atoms in total. The number of fused-ring (bicyclic) bond motifs is 1. The van der Waals surface area contributed by atoms with Crippen LogP contribution in [0.4, 0.5) is 15.3 Å². The topological polar surface area (TPSA) is 76.9 Å². The molecule has 2 aliphatic heterocycles. The van der Waals surface area contributed by atoms with E-state index in [0.29, 0.717) is 37.4 Å². The van der Waals surface area contributed by atoms with Crippen LogP contribution < -0.4 is 4.90 Å². The van der Waals surface area contributed by atoms with Crippen molar-refractivity contribution in [2.45, 2.75) is 32.4 Å². The first-order valence-corrected chi connectivity index (χ1v) is 8.35. The van der Waals surface area contributed by atoms with Crippen LogP contribution in [0, 0.1) is 11.3 Å². The number of urea groups is 1. The minimum absolute atomic E-state index is 0.0699. The van der Waals surface area contributed by atoms with E-state index >= 15 is 0 Å². The third-order valence-corrected chi connectivity index (χ3v) is 4.29. The molecule has 2 heterocycles. The second-order valence-corrected chi connectivity index (χ2v) is 7.33. The van der Waals surface area contributed by atoms with Crippen LogP contribution in [-0.2, 0) is 4.74 Å². The molecule has 0 aliphatic carbocycles. The predicted octanol–water partition coefficient (Wildman–Crippen LogP) is 2.42. The number of nitrogens with zero attached hydrogens (tertiary/aromatic N) is 4. The number of amides is 3. The summed E-state index contributed by atoms with van der Waals surface area (Å²) in [5.74, 6) is 0. The van der Waals surface area contributed by atoms with Gasteiger partial charge in [0.25, 0.3) is 0 Å². The molecular weight excluding hydrogens is 320 g/mol. The maximum Gasteiger partial charge on any atom is 0.410 e. The fourth-order valence-corrected chi connectivity index (χ4v) is 3.16. The fraction of sp³-hybridized carbons (Fsp3) is 0.500. The number of carbonyl (C=O) groups excluding carboxylic acids is 2. The number of ether oxygens (including phenoxy) is 1. The van der Waals surface area contributed by atoms with E-state index in [4.69, 9.17) is 10.00 Å². The quantitative estimate of drug-likeness (QED) is 0.785. The van der Waals surface area contributed by atoms with E-state index in [1.807, 2.05) is 26.8 Å². The fourth-order valence-electron chi connectivity index (χ4n) is 3.16. The average Bonchev–Trinajstić information content (AvgIpc) is 2.90. The summed E-state index contributed by atoms with van der Waals surface area (Å²) in [5.41, 5.74) is 0.691. The van der Waals surface area contributed by atoms with Crippen molar-refractivity contribution in [3.8, 4) is 6.07 Å². The van der Waals surface area contributed by atoms with Gasteiger partial charge < -0.3 is 14.5 Å². The van der Waals surface area contributed by atoms with Crippen LogP contribution in [0.2, 0.25) is 0 Å². The van der Waals surface area contributed by atoms with Crippen molar-refractivity contribution in [2.24, 2.45) is 0 Å². The zero-order chi connectivity index (χ0) is 18.2. The van der Waals surface area contributed by atoms with Gasteiger partial charge in [-0.25, -0.2) is 9.59 Å². The van der Waals surface area contributed by atoms with Crippen LogP contribution in [0.15, 0.2) is 24.3 Å². The van der Waals surface area contributed by atoms with E-state index in [9.17, 15) is 9.59 Å². The van der Waals surface area contributed by atoms with Crippen molar-refractivity contribution in [2.75, 3.05) is 31.1 Å². The van der Waals surface area contributed by atoms with Gasteiger partial charge in [-0.05, 0) is 39.0 Å². The van der Waals surface area contributed by atoms with Gasteiger partial charge in [0.1, 0.15) is 5.60 Å². The lowest BCUT2D eigenvalue weighted by atomic mass is 10.2. The van der Waals surface area contributed by atoms with Crippen molar-refractivity contribution >= 4 is 17.8 Å². The van der Waals surface area contributed by atoms with Gasteiger partial charge in [-0.15, -0.1) is 0 Å². The summed E-state index contributed by atoms with van der Waals surface area (Å²) < 4.78 is 5.43. The standard InChI is InChI=1S/C18H22N4O3/c1-18(2,3)25-17(24)20-7-8-21-15(11-20)12-22(16(21)23)14-6-4-5-13(9-14)10-19/h4-6,9,15H,7-8,11-12H2,1-3H3. The molecule has 0 bridgehead atoms. The minimum atomic E-state index is -0.538. The molecule has 0 N–H and O–H groups in total. The van der Waals surface area contributed by atoms with E-state index in [1.165, 1.54) is 0 Å². The molecule has 0 radical (unpaired) electrons. The van der Waals surface area contributed by atoms with Crippen LogP contribution >= 0.6 is 0 Å². The number of benzene rings is 1. The largest absolute Gasteiger partial charge is 0.444 e. The summed E-state index contributed by atoms with van der Waals surface area (Å²) in [5, 5.41) is 9.04. The smallest absolute Gasteiger partial charge is 0.410 e. The number of nitriles is 1. The summed E-state index contributed by atoms with van der Waals surface area (Å²) in [6.45, 7) is 7.40. The molecule has 25 heavy (non-hydrogen) atoms. The van der Waals surface area contributed by atoms with Gasteiger partial charge in [0.05, 0.1) is 17.7 Å². The van der Waals surface area contributed by atoms with Crippen molar-refractivity contribution < 1.29 is 14.3 Å². The zero-order valence-electron chi connectivity index (χ0n) is 14.7. The molecular formula is C18H22N4O3. The Bertz CT molecular complexity index is 735. The molecule has 132 valence electrons. The van der Waals surface area contributed by atoms with E-state index in [1.54, 1.807) is 32.9 Å². The Kier molecular flexibility index (Phi) is 4.29. The first-order valence-electron chi connectivity index (χ1n) is 8.35. The van der Waals surface area contributed by atoms with Crippen molar-refractivity contribution in [3.05, 3.63) is 29.8 Å². The Morgan fingerprint density at radius 2 is 2.04 bits per heavy atom. The SMILES string of the molecule is CC(C)(C)OC(=O)N1CCN2C(=O)N(c3cccc(C#N)c3)CC2C1. The second-order valence-electron chi connectivity index (χ2n) is 7.33. The highest BCUT2D eigenvalue weighted by molar-refractivity contribution is 5.95. The Hall–Kier alpha value is -2.75. The van der Waals surface area contributed by atoms with Gasteiger partial charge in [0.15, 0.2) is 0 Å². The number of rotatable bonds is 1. The molecule has 1 aromatic rings. The molecule has 0 aromatic heterocycles. The lowest BCUT2D eigenvalue weighted by molar-refractivity contribution is 0.0128. The van der Waals surface area contributed by atoms with Gasteiger partial charge in [0.2, 0.25) is 0 Å². The summed E-state index contributed by atoms with van der Waals surface area (Å²) in [7, 11) is 0. The van der Waals surface area contributed by atoms with Crippen LogP contribution in [0.3, 0.4) is 0 Å².